The monoisotopic (exact) mass is 269 g/mol. The number of rotatable bonds is 5. The second-order valence-electron chi connectivity index (χ2n) is 2.22. The van der Waals surface area contributed by atoms with Crippen molar-refractivity contribution in [1.82, 2.24) is 14.9 Å². The predicted molar refractivity (Wildman–Crippen MR) is 48.7 cm³/mol. The molecule has 1 N–H and O–H groups in total. The molecule has 0 aliphatic rings. The van der Waals surface area contributed by atoms with Crippen molar-refractivity contribution in [3.05, 3.63) is 12.2 Å². The molecule has 0 bridgehead atoms. The van der Waals surface area contributed by atoms with Crippen molar-refractivity contribution in [2.45, 2.75) is 6.42 Å². The Labute approximate surface area is 83.9 Å². The highest BCUT2D eigenvalue weighted by molar-refractivity contribution is 9.10. The van der Waals surface area contributed by atoms with Crippen LogP contribution in [-0.4, -0.2) is 29.8 Å². The molecule has 6 nitrogen and oxygen atoms in total. The summed E-state index contributed by atoms with van der Waals surface area (Å²) < 4.78 is 28.5. The molecule has 0 amide bonds. The molecule has 0 atom stereocenters. The van der Waals surface area contributed by atoms with Crippen molar-refractivity contribution < 1.29 is 12.9 Å². The topological polar surface area (TPSA) is 85.1 Å². The zero-order valence-corrected chi connectivity index (χ0v) is 9.01. The van der Waals surface area contributed by atoms with Gasteiger partial charge < -0.3 is 4.52 Å². The molecule has 0 aromatic carbocycles. The molecule has 1 aromatic heterocycles. The summed E-state index contributed by atoms with van der Waals surface area (Å²) in [6.07, 6.45) is 1.62. The van der Waals surface area contributed by atoms with Crippen LogP contribution < -0.4 is 4.72 Å². The quantitative estimate of drug-likeness (QED) is 0.754. The number of aromatic nitrogens is 2. The first-order valence-electron chi connectivity index (χ1n) is 3.42. The van der Waals surface area contributed by atoms with Gasteiger partial charge in [-0.2, -0.15) is 4.98 Å². The van der Waals surface area contributed by atoms with Crippen molar-refractivity contribution in [1.29, 1.82) is 0 Å². The van der Waals surface area contributed by atoms with Gasteiger partial charge in [0, 0.05) is 13.0 Å². The molecule has 74 valence electrons. The van der Waals surface area contributed by atoms with E-state index in [4.69, 9.17) is 0 Å². The van der Waals surface area contributed by atoms with Crippen LogP contribution in [0.1, 0.15) is 5.82 Å². The van der Waals surface area contributed by atoms with E-state index in [0.29, 0.717) is 12.2 Å². The fourth-order valence-corrected chi connectivity index (χ4v) is 1.64. The van der Waals surface area contributed by atoms with Gasteiger partial charge in [0.1, 0.15) is 4.66 Å². The first kappa shape index (κ1) is 10.6. The molecular weight excluding hydrogens is 262 g/mol. The van der Waals surface area contributed by atoms with E-state index < -0.39 is 10.0 Å². The van der Waals surface area contributed by atoms with Crippen molar-refractivity contribution >= 4 is 26.0 Å². The average Bonchev–Trinajstić information content (AvgIpc) is 2.57. The van der Waals surface area contributed by atoms with Gasteiger partial charge in [0.15, 0.2) is 5.82 Å². The second kappa shape index (κ2) is 4.68. The lowest BCUT2D eigenvalue weighted by molar-refractivity contribution is 0.410. The first-order valence-corrected chi connectivity index (χ1v) is 6.20. The van der Waals surface area contributed by atoms with Crippen molar-refractivity contribution in [2.75, 3.05) is 11.2 Å². The first-order chi connectivity index (χ1) is 6.14. The Morgan fingerprint density at radius 3 is 2.92 bits per heavy atom. The Kier molecular flexibility index (Phi) is 3.82. The minimum Gasteiger partial charge on any atom is -0.343 e. The molecule has 0 aliphatic carbocycles. The van der Waals surface area contributed by atoms with Crippen LogP contribution in [0.3, 0.4) is 0 Å². The van der Waals surface area contributed by atoms with Crippen molar-refractivity contribution in [2.24, 2.45) is 0 Å². The van der Waals surface area contributed by atoms with Gasteiger partial charge in [-0.1, -0.05) is 21.1 Å². The molecule has 0 aliphatic heterocycles. The van der Waals surface area contributed by atoms with E-state index >= 15 is 0 Å². The Morgan fingerprint density at radius 2 is 2.38 bits per heavy atom. The van der Waals surface area contributed by atoms with Crippen molar-refractivity contribution in [3.8, 4) is 0 Å². The molecule has 1 rings (SSSR count). The van der Waals surface area contributed by atoms with E-state index in [1.54, 1.807) is 0 Å². The van der Waals surface area contributed by atoms with Gasteiger partial charge in [-0.3, -0.25) is 0 Å². The molecule has 0 spiro atoms. The summed E-state index contributed by atoms with van der Waals surface area (Å²) in [4.78, 5) is 3.74. The molecule has 0 saturated heterocycles. The summed E-state index contributed by atoms with van der Waals surface area (Å²) in [5.41, 5.74) is 0. The number of hydrogen-bond donors (Lipinski definition) is 1. The van der Waals surface area contributed by atoms with Crippen LogP contribution in [0, 0.1) is 0 Å². The molecule has 0 saturated carbocycles. The number of nitrogens with one attached hydrogen (secondary N) is 1. The van der Waals surface area contributed by atoms with Crippen LogP contribution in [0.2, 0.25) is 0 Å². The Bertz CT molecular complexity index is 336. The van der Waals surface area contributed by atoms with E-state index in [-0.39, 0.29) is 11.2 Å². The van der Waals surface area contributed by atoms with Gasteiger partial charge in [0.25, 0.3) is 0 Å². The lowest BCUT2D eigenvalue weighted by Gasteiger charge is -2.00. The molecular formula is C5H8BrN3O3S. The Hall–Kier alpha value is -0.470. The lowest BCUT2D eigenvalue weighted by atomic mass is 10.4. The smallest absolute Gasteiger partial charge is 0.221 e. The van der Waals surface area contributed by atoms with Crippen molar-refractivity contribution in [3.63, 3.8) is 0 Å². The van der Waals surface area contributed by atoms with E-state index in [1.165, 1.54) is 6.39 Å². The summed E-state index contributed by atoms with van der Waals surface area (Å²) in [6, 6.07) is 0. The van der Waals surface area contributed by atoms with Gasteiger partial charge in [0.05, 0.1) is 0 Å². The average molecular weight is 270 g/mol. The Balaban J connectivity index is 2.30. The summed E-state index contributed by atoms with van der Waals surface area (Å²) >= 11 is 2.85. The molecule has 8 heteroatoms. The number of sulfonamides is 1. The predicted octanol–water partition coefficient (Wildman–Crippen LogP) is -0.116. The van der Waals surface area contributed by atoms with Gasteiger partial charge in [-0.25, -0.2) is 13.1 Å². The summed E-state index contributed by atoms with van der Waals surface area (Å²) in [7, 11) is -3.19. The van der Waals surface area contributed by atoms with E-state index in [9.17, 15) is 8.42 Å². The third-order valence-electron chi connectivity index (χ3n) is 1.22. The maximum Gasteiger partial charge on any atom is 0.221 e. The van der Waals surface area contributed by atoms with E-state index in [0.717, 1.165) is 0 Å². The number of alkyl halides is 1. The molecule has 0 radical (unpaired) electrons. The normalized spacial score (nSPS) is 11.8. The van der Waals surface area contributed by atoms with Crippen LogP contribution in [0.5, 0.6) is 0 Å². The molecule has 0 unspecified atom stereocenters. The zero-order chi connectivity index (χ0) is 9.73. The Morgan fingerprint density at radius 1 is 1.62 bits per heavy atom. The van der Waals surface area contributed by atoms with Gasteiger partial charge in [-0.15, -0.1) is 0 Å². The number of halogens is 1. The van der Waals surface area contributed by atoms with Gasteiger partial charge in [0.2, 0.25) is 16.4 Å². The van der Waals surface area contributed by atoms with Gasteiger partial charge in [-0.05, 0) is 0 Å². The molecule has 1 heterocycles. The summed E-state index contributed by atoms with van der Waals surface area (Å²) in [5, 5.41) is 3.53. The number of nitrogens with zero attached hydrogens (tertiary/aromatic N) is 2. The second-order valence-corrected chi connectivity index (χ2v) is 5.33. The molecule has 0 fully saturated rings. The summed E-state index contributed by atoms with van der Waals surface area (Å²) in [5.74, 6) is 0.484. The third kappa shape index (κ3) is 3.83. The highest BCUT2D eigenvalue weighted by atomic mass is 79.9. The van der Waals surface area contributed by atoms with E-state index in [2.05, 4.69) is 35.3 Å². The van der Waals surface area contributed by atoms with Crippen LogP contribution in [0.4, 0.5) is 0 Å². The van der Waals surface area contributed by atoms with E-state index in [1.807, 2.05) is 0 Å². The van der Waals surface area contributed by atoms with Crippen LogP contribution in [0.25, 0.3) is 0 Å². The minimum atomic E-state index is -3.19. The zero-order valence-electron chi connectivity index (χ0n) is 6.60. The fourth-order valence-electron chi connectivity index (χ4n) is 0.659. The number of hydrogen-bond acceptors (Lipinski definition) is 5. The molecule has 1 aromatic rings. The van der Waals surface area contributed by atoms with Crippen LogP contribution in [-0.2, 0) is 16.4 Å². The minimum absolute atomic E-state index is 0.105. The SMILES string of the molecule is O=S(=O)(CBr)NCCc1ncon1. The fraction of sp³-hybridized carbons (Fsp3) is 0.600. The molecule has 13 heavy (non-hydrogen) atoms. The maximum absolute atomic E-state index is 10.9. The standard InChI is InChI=1S/C5H8BrN3O3S/c6-3-13(10,11)8-2-1-5-7-4-12-9-5/h4,8H,1-3H2. The summed E-state index contributed by atoms with van der Waals surface area (Å²) in [6.45, 7) is 0.271. The highest BCUT2D eigenvalue weighted by Crippen LogP contribution is 1.92. The maximum atomic E-state index is 10.9. The third-order valence-corrected chi connectivity index (χ3v) is 3.96. The lowest BCUT2D eigenvalue weighted by Crippen LogP contribution is -2.26. The van der Waals surface area contributed by atoms with Gasteiger partial charge >= 0.3 is 0 Å². The highest BCUT2D eigenvalue weighted by Gasteiger charge is 2.07. The van der Waals surface area contributed by atoms with Crippen LogP contribution >= 0.6 is 15.9 Å². The largest absolute Gasteiger partial charge is 0.343 e. The van der Waals surface area contributed by atoms with Crippen LogP contribution in [0.15, 0.2) is 10.9 Å².